The maximum Gasteiger partial charge on any atom is 0.319 e. The minimum Gasteiger partial charge on any atom is -0.357 e. The van der Waals surface area contributed by atoms with Crippen LogP contribution in [0.2, 0.25) is 0 Å². The molecular weight excluding hydrogens is 318 g/mol. The van der Waals surface area contributed by atoms with Gasteiger partial charge in [-0.15, -0.1) is 0 Å². The number of halogens is 2. The third kappa shape index (κ3) is 5.47. The highest BCUT2D eigenvalue weighted by Gasteiger charge is 2.16. The fraction of sp³-hybridized carbons (Fsp3) is 0.667. The molecule has 0 spiro atoms. The monoisotopic (exact) mass is 344 g/mol. The summed E-state index contributed by atoms with van der Waals surface area (Å²) in [5.74, 6) is 0.632. The van der Waals surface area contributed by atoms with Crippen LogP contribution in [0.1, 0.15) is 33.1 Å². The van der Waals surface area contributed by atoms with E-state index in [0.29, 0.717) is 25.6 Å². The lowest BCUT2D eigenvalue weighted by atomic mass is 10.4. The Morgan fingerprint density at radius 2 is 2.04 bits per heavy atom. The van der Waals surface area contributed by atoms with Crippen LogP contribution in [0.4, 0.5) is 8.78 Å². The summed E-state index contributed by atoms with van der Waals surface area (Å²) in [7, 11) is 1.74. The molecular formula is C15H26F2N6O. The average molecular weight is 344 g/mol. The van der Waals surface area contributed by atoms with Crippen LogP contribution in [0, 0.1) is 0 Å². The van der Waals surface area contributed by atoms with Gasteiger partial charge in [0.25, 0.3) is 0 Å². The number of alkyl halides is 2. The molecule has 0 saturated carbocycles. The number of carbonyl (C=O) groups is 1. The fourth-order valence-electron chi connectivity index (χ4n) is 2.21. The number of rotatable bonds is 8. The maximum absolute atomic E-state index is 12.8. The Kier molecular flexibility index (Phi) is 8.14. The van der Waals surface area contributed by atoms with Gasteiger partial charge in [0.15, 0.2) is 5.96 Å². The van der Waals surface area contributed by atoms with Crippen LogP contribution in [0.3, 0.4) is 0 Å². The fourth-order valence-corrected chi connectivity index (χ4v) is 2.21. The number of guanidine groups is 1. The van der Waals surface area contributed by atoms with E-state index in [0.717, 1.165) is 4.57 Å². The molecule has 9 heteroatoms. The third-order valence-corrected chi connectivity index (χ3v) is 3.51. The Hall–Kier alpha value is -2.19. The zero-order chi connectivity index (χ0) is 18.1. The summed E-state index contributed by atoms with van der Waals surface area (Å²) in [4.78, 5) is 23.8. The van der Waals surface area contributed by atoms with Crippen LogP contribution in [0.25, 0.3) is 0 Å². The summed E-state index contributed by atoms with van der Waals surface area (Å²) < 4.78 is 26.4. The Morgan fingerprint density at radius 3 is 2.58 bits per heavy atom. The van der Waals surface area contributed by atoms with E-state index >= 15 is 0 Å². The molecule has 1 amide bonds. The number of aromatic nitrogens is 2. The van der Waals surface area contributed by atoms with E-state index in [9.17, 15) is 13.6 Å². The summed E-state index contributed by atoms with van der Waals surface area (Å²) in [6, 6.07) is 0. The molecule has 1 aromatic heterocycles. The molecule has 24 heavy (non-hydrogen) atoms. The molecule has 0 aliphatic heterocycles. The van der Waals surface area contributed by atoms with Crippen molar-refractivity contribution in [2.45, 2.75) is 33.9 Å². The Balaban J connectivity index is 2.81. The topological polar surface area (TPSA) is 65.8 Å². The normalized spacial score (nSPS) is 11.7. The number of nitrogens with zero attached hydrogens (tertiary/aromatic N) is 5. The maximum atomic E-state index is 12.8. The minimum absolute atomic E-state index is 0.00345. The predicted octanol–water partition coefficient (Wildman–Crippen LogP) is 1.54. The van der Waals surface area contributed by atoms with Gasteiger partial charge in [-0.2, -0.15) is 8.78 Å². The van der Waals surface area contributed by atoms with Gasteiger partial charge in [0.2, 0.25) is 5.91 Å². The van der Waals surface area contributed by atoms with Crippen molar-refractivity contribution in [3.8, 4) is 0 Å². The zero-order valence-electron chi connectivity index (χ0n) is 14.7. The molecule has 1 N–H and O–H groups in total. The molecule has 1 aromatic rings. The second-order valence-corrected chi connectivity index (χ2v) is 5.12. The lowest BCUT2D eigenvalue weighted by Gasteiger charge is -2.25. The van der Waals surface area contributed by atoms with Gasteiger partial charge < -0.3 is 15.1 Å². The van der Waals surface area contributed by atoms with Crippen LogP contribution < -0.4 is 5.32 Å². The number of hydrogen-bond acceptors (Lipinski definition) is 3. The molecule has 0 aliphatic carbocycles. The van der Waals surface area contributed by atoms with Crippen molar-refractivity contribution in [1.29, 1.82) is 0 Å². The number of carbonyl (C=O) groups excluding carboxylic acids is 1. The number of hydrogen-bond donors (Lipinski definition) is 1. The first-order valence-corrected chi connectivity index (χ1v) is 8.01. The van der Waals surface area contributed by atoms with Gasteiger partial charge in [0, 0.05) is 39.1 Å². The van der Waals surface area contributed by atoms with Crippen molar-refractivity contribution in [2.24, 2.45) is 4.99 Å². The number of likely N-dealkylation sites (N-methyl/N-ethyl adjacent to an activating group) is 2. The molecule has 0 aliphatic rings. The predicted molar refractivity (Wildman–Crippen MR) is 88.9 cm³/mol. The van der Waals surface area contributed by atoms with E-state index < -0.39 is 6.55 Å². The number of amides is 1. The van der Waals surface area contributed by atoms with E-state index in [1.165, 1.54) is 12.4 Å². The lowest BCUT2D eigenvalue weighted by molar-refractivity contribution is -0.131. The van der Waals surface area contributed by atoms with E-state index in [-0.39, 0.29) is 24.8 Å². The number of nitrogens with one attached hydrogen (secondary N) is 1. The first-order valence-electron chi connectivity index (χ1n) is 8.01. The largest absolute Gasteiger partial charge is 0.357 e. The SMILES string of the molecule is CCNC(=NCc1nccn1C(F)F)N(C)CC(=O)N(CC)CC. The summed E-state index contributed by atoms with van der Waals surface area (Å²) in [6.45, 7) is 5.14. The van der Waals surface area contributed by atoms with Crippen molar-refractivity contribution in [3.63, 3.8) is 0 Å². The standard InChI is InChI=1S/C15H26F2N6O/c1-5-18-15(21(4)11-13(24)22(6-2)7-3)20-10-12-19-8-9-23(12)14(16)17/h8-9,14H,5-7,10-11H2,1-4H3,(H,18,20). The zero-order valence-corrected chi connectivity index (χ0v) is 14.7. The lowest BCUT2D eigenvalue weighted by Crippen LogP contribution is -2.45. The molecule has 0 unspecified atom stereocenters. The Labute approximate surface area is 141 Å². The van der Waals surface area contributed by atoms with Crippen LogP contribution >= 0.6 is 0 Å². The van der Waals surface area contributed by atoms with E-state index in [1.807, 2.05) is 20.8 Å². The molecule has 0 fully saturated rings. The van der Waals surface area contributed by atoms with Crippen LogP contribution in [0.15, 0.2) is 17.4 Å². The quantitative estimate of drug-likeness (QED) is 0.574. The summed E-state index contributed by atoms with van der Waals surface area (Å²) in [5.41, 5.74) is 0. The summed E-state index contributed by atoms with van der Waals surface area (Å²) >= 11 is 0. The van der Waals surface area contributed by atoms with Gasteiger partial charge in [0.1, 0.15) is 12.4 Å². The molecule has 1 heterocycles. The first-order chi connectivity index (χ1) is 11.4. The van der Waals surface area contributed by atoms with Crippen LogP contribution in [0.5, 0.6) is 0 Å². The van der Waals surface area contributed by atoms with Crippen molar-refractivity contribution in [1.82, 2.24) is 24.7 Å². The number of imidazole rings is 1. The van der Waals surface area contributed by atoms with E-state index in [4.69, 9.17) is 0 Å². The van der Waals surface area contributed by atoms with Crippen molar-refractivity contribution < 1.29 is 13.6 Å². The minimum atomic E-state index is -2.65. The summed E-state index contributed by atoms with van der Waals surface area (Å²) in [6.07, 6.45) is 2.54. The van der Waals surface area contributed by atoms with Gasteiger partial charge in [0.05, 0.1) is 6.54 Å². The van der Waals surface area contributed by atoms with E-state index in [1.54, 1.807) is 16.8 Å². The third-order valence-electron chi connectivity index (χ3n) is 3.51. The Morgan fingerprint density at radius 1 is 1.38 bits per heavy atom. The van der Waals surface area contributed by atoms with Gasteiger partial charge in [-0.3, -0.25) is 9.36 Å². The molecule has 0 saturated heterocycles. The van der Waals surface area contributed by atoms with Crippen LogP contribution in [-0.4, -0.2) is 64.4 Å². The highest BCUT2D eigenvalue weighted by molar-refractivity contribution is 5.86. The Bertz CT molecular complexity index is 542. The van der Waals surface area contributed by atoms with Crippen LogP contribution in [-0.2, 0) is 11.3 Å². The van der Waals surface area contributed by atoms with Gasteiger partial charge in [-0.25, -0.2) is 9.98 Å². The second kappa shape index (κ2) is 9.84. The highest BCUT2D eigenvalue weighted by Crippen LogP contribution is 2.12. The van der Waals surface area contributed by atoms with Crippen molar-refractivity contribution >= 4 is 11.9 Å². The van der Waals surface area contributed by atoms with Gasteiger partial charge in [-0.05, 0) is 20.8 Å². The molecule has 7 nitrogen and oxygen atoms in total. The smallest absolute Gasteiger partial charge is 0.319 e. The average Bonchev–Trinajstić information content (AvgIpc) is 3.01. The van der Waals surface area contributed by atoms with Gasteiger partial charge >= 0.3 is 6.55 Å². The van der Waals surface area contributed by atoms with Crippen molar-refractivity contribution in [3.05, 3.63) is 18.2 Å². The van der Waals surface area contributed by atoms with Crippen molar-refractivity contribution in [2.75, 3.05) is 33.2 Å². The molecule has 0 radical (unpaired) electrons. The molecule has 136 valence electrons. The van der Waals surface area contributed by atoms with Gasteiger partial charge in [-0.1, -0.05) is 0 Å². The molecule has 1 rings (SSSR count). The highest BCUT2D eigenvalue weighted by atomic mass is 19.3. The molecule has 0 aromatic carbocycles. The van der Waals surface area contributed by atoms with E-state index in [2.05, 4.69) is 15.3 Å². The second-order valence-electron chi connectivity index (χ2n) is 5.12. The molecule has 0 atom stereocenters. The first kappa shape index (κ1) is 19.9. The number of aliphatic imine (C=N–C) groups is 1. The molecule has 0 bridgehead atoms. The summed E-state index contributed by atoms with van der Waals surface area (Å²) in [5, 5.41) is 3.05.